The van der Waals surface area contributed by atoms with Crippen LogP contribution in [0.5, 0.6) is 0 Å². The second-order valence-corrected chi connectivity index (χ2v) is 6.93. The third kappa shape index (κ3) is 1.86. The van der Waals surface area contributed by atoms with E-state index in [0.717, 1.165) is 12.2 Å². The van der Waals surface area contributed by atoms with E-state index in [4.69, 9.17) is 10.00 Å². The molecule has 1 aromatic rings. The van der Waals surface area contributed by atoms with Crippen molar-refractivity contribution in [3.8, 4) is 6.07 Å². The highest BCUT2D eigenvalue weighted by atomic mass is 16.5. The van der Waals surface area contributed by atoms with Crippen molar-refractivity contribution in [1.82, 2.24) is 5.32 Å². The summed E-state index contributed by atoms with van der Waals surface area (Å²) in [4.78, 5) is 0. The zero-order valence-electron chi connectivity index (χ0n) is 12.5. The first-order valence-corrected chi connectivity index (χ1v) is 8.12. The number of nitrogens with zero attached hydrogens (tertiary/aromatic N) is 1. The number of rotatable bonds is 3. The minimum absolute atomic E-state index is 0.294. The molecule has 1 heterocycles. The maximum atomic E-state index is 9.05. The van der Waals surface area contributed by atoms with Crippen LogP contribution in [0.25, 0.3) is 0 Å². The predicted molar refractivity (Wildman–Crippen MR) is 80.6 cm³/mol. The molecule has 1 saturated heterocycles. The maximum absolute atomic E-state index is 9.05. The molecule has 3 nitrogen and oxygen atoms in total. The molecular weight excluding hydrogens is 260 g/mol. The molecule has 1 spiro atoms. The molecular formula is C18H22N2O. The predicted octanol–water partition coefficient (Wildman–Crippen LogP) is 3.17. The molecule has 0 unspecified atom stereocenters. The summed E-state index contributed by atoms with van der Waals surface area (Å²) in [5.41, 5.74) is 2.38. The number of nitrogens with one attached hydrogen (secondary N) is 1. The Labute approximate surface area is 126 Å². The molecule has 0 bridgehead atoms. The zero-order chi connectivity index (χ0) is 14.4. The number of ether oxygens (including phenoxy) is 1. The van der Waals surface area contributed by atoms with Gasteiger partial charge in [0.1, 0.15) is 0 Å². The normalized spacial score (nSPS) is 33.6. The SMILES string of the molecule is C[C@H](N[C@@H]1[C@H]2CCO[C@H]2C12CCC2)c1cccc(C#N)c1. The van der Waals surface area contributed by atoms with Gasteiger partial charge < -0.3 is 10.1 Å². The van der Waals surface area contributed by atoms with Crippen LogP contribution in [0.15, 0.2) is 24.3 Å². The number of benzene rings is 1. The van der Waals surface area contributed by atoms with Crippen LogP contribution in [0, 0.1) is 22.7 Å². The lowest BCUT2D eigenvalue weighted by Crippen LogP contribution is -2.71. The van der Waals surface area contributed by atoms with Crippen LogP contribution in [0.2, 0.25) is 0 Å². The van der Waals surface area contributed by atoms with E-state index in [1.165, 1.54) is 31.2 Å². The number of hydrogen-bond donors (Lipinski definition) is 1. The first-order valence-electron chi connectivity index (χ1n) is 8.12. The molecule has 4 atom stereocenters. The molecule has 0 amide bonds. The van der Waals surface area contributed by atoms with Crippen LogP contribution >= 0.6 is 0 Å². The standard InChI is InChI=1S/C18H22N2O/c1-12(14-5-2-4-13(10-14)11-19)20-16-15-6-9-21-17(15)18(16)7-3-8-18/h2,4-5,10,12,15-17,20H,3,6-9H2,1H3/t12-,15+,16+,17+/m0/s1. The van der Waals surface area contributed by atoms with E-state index < -0.39 is 0 Å². The van der Waals surface area contributed by atoms with Crippen LogP contribution in [0.1, 0.15) is 49.8 Å². The molecule has 1 N–H and O–H groups in total. The summed E-state index contributed by atoms with van der Waals surface area (Å²) in [7, 11) is 0. The fourth-order valence-corrected chi connectivity index (χ4v) is 4.74. The summed E-state index contributed by atoms with van der Waals surface area (Å²) < 4.78 is 5.98. The quantitative estimate of drug-likeness (QED) is 0.926. The van der Waals surface area contributed by atoms with E-state index >= 15 is 0 Å². The average Bonchev–Trinajstić information content (AvgIpc) is 2.88. The molecule has 1 aromatic carbocycles. The van der Waals surface area contributed by atoms with Gasteiger partial charge in [-0.3, -0.25) is 0 Å². The summed E-state index contributed by atoms with van der Waals surface area (Å²) >= 11 is 0. The van der Waals surface area contributed by atoms with Crippen molar-refractivity contribution in [3.05, 3.63) is 35.4 Å². The summed E-state index contributed by atoms with van der Waals surface area (Å²) in [6.45, 7) is 3.15. The first kappa shape index (κ1) is 13.3. The third-order valence-electron chi connectivity index (χ3n) is 5.98. The molecule has 0 radical (unpaired) electrons. The van der Waals surface area contributed by atoms with E-state index in [9.17, 15) is 0 Å². The lowest BCUT2D eigenvalue weighted by Gasteiger charge is -2.64. The Morgan fingerprint density at radius 3 is 3.00 bits per heavy atom. The van der Waals surface area contributed by atoms with Gasteiger partial charge >= 0.3 is 0 Å². The Morgan fingerprint density at radius 1 is 1.43 bits per heavy atom. The number of fused-ring (bicyclic) bond motifs is 2. The maximum Gasteiger partial charge on any atom is 0.0991 e. The molecule has 3 aliphatic rings. The summed E-state index contributed by atoms with van der Waals surface area (Å²) in [5, 5.41) is 12.9. The van der Waals surface area contributed by atoms with E-state index in [1.807, 2.05) is 18.2 Å². The summed E-state index contributed by atoms with van der Waals surface area (Å²) in [6, 6.07) is 11.1. The van der Waals surface area contributed by atoms with E-state index in [1.54, 1.807) is 0 Å². The summed E-state index contributed by atoms with van der Waals surface area (Å²) in [5.74, 6) is 0.701. The molecule has 2 aliphatic carbocycles. The Bertz CT molecular complexity index is 587. The molecule has 4 rings (SSSR count). The second-order valence-electron chi connectivity index (χ2n) is 6.93. The van der Waals surface area contributed by atoms with Gasteiger partial charge in [-0.05, 0) is 43.9 Å². The van der Waals surface area contributed by atoms with Gasteiger partial charge in [0.15, 0.2) is 0 Å². The third-order valence-corrected chi connectivity index (χ3v) is 5.98. The first-order chi connectivity index (χ1) is 10.2. The van der Waals surface area contributed by atoms with Gasteiger partial charge in [0.2, 0.25) is 0 Å². The van der Waals surface area contributed by atoms with Crippen LogP contribution in [0.3, 0.4) is 0 Å². The fourth-order valence-electron chi connectivity index (χ4n) is 4.74. The topological polar surface area (TPSA) is 45.0 Å². The molecule has 21 heavy (non-hydrogen) atoms. The number of nitriles is 1. The average molecular weight is 282 g/mol. The Balaban J connectivity index is 1.51. The van der Waals surface area contributed by atoms with E-state index in [0.29, 0.717) is 29.5 Å². The van der Waals surface area contributed by atoms with E-state index in [-0.39, 0.29) is 0 Å². The smallest absolute Gasteiger partial charge is 0.0991 e. The Kier molecular flexibility index (Phi) is 3.06. The molecule has 3 fully saturated rings. The lowest BCUT2D eigenvalue weighted by molar-refractivity contribution is -0.178. The highest BCUT2D eigenvalue weighted by molar-refractivity contribution is 5.34. The monoisotopic (exact) mass is 282 g/mol. The molecule has 3 heteroatoms. The fraction of sp³-hybridized carbons (Fsp3) is 0.611. The van der Waals surface area contributed by atoms with Gasteiger partial charge in [-0.25, -0.2) is 0 Å². The minimum atomic E-state index is 0.294. The Hall–Kier alpha value is -1.37. The second kappa shape index (κ2) is 4.83. The van der Waals surface area contributed by atoms with E-state index in [2.05, 4.69) is 24.4 Å². The van der Waals surface area contributed by atoms with Crippen molar-refractivity contribution in [2.75, 3.05) is 6.61 Å². The van der Waals surface area contributed by atoms with Crippen molar-refractivity contribution in [3.63, 3.8) is 0 Å². The van der Waals surface area contributed by atoms with Gasteiger partial charge in [-0.2, -0.15) is 5.26 Å². The highest BCUT2D eigenvalue weighted by Gasteiger charge is 2.66. The molecule has 1 aliphatic heterocycles. The zero-order valence-corrected chi connectivity index (χ0v) is 12.5. The van der Waals surface area contributed by atoms with Crippen molar-refractivity contribution < 1.29 is 4.74 Å². The summed E-state index contributed by atoms with van der Waals surface area (Å²) in [6.07, 6.45) is 5.70. The van der Waals surface area contributed by atoms with Crippen LogP contribution in [-0.4, -0.2) is 18.8 Å². The lowest BCUT2D eigenvalue weighted by atomic mass is 9.46. The molecule has 110 valence electrons. The van der Waals surface area contributed by atoms with Crippen molar-refractivity contribution in [2.24, 2.45) is 11.3 Å². The van der Waals surface area contributed by atoms with Gasteiger partial charge in [-0.1, -0.05) is 18.6 Å². The van der Waals surface area contributed by atoms with Crippen LogP contribution in [0.4, 0.5) is 0 Å². The van der Waals surface area contributed by atoms with Gasteiger partial charge in [0, 0.05) is 30.0 Å². The number of hydrogen-bond acceptors (Lipinski definition) is 3. The Morgan fingerprint density at radius 2 is 2.29 bits per heavy atom. The van der Waals surface area contributed by atoms with Crippen molar-refractivity contribution in [1.29, 1.82) is 5.26 Å². The molecule has 0 aromatic heterocycles. The van der Waals surface area contributed by atoms with Gasteiger partial charge in [0.25, 0.3) is 0 Å². The van der Waals surface area contributed by atoms with Crippen molar-refractivity contribution >= 4 is 0 Å². The van der Waals surface area contributed by atoms with Gasteiger partial charge in [0.05, 0.1) is 17.7 Å². The van der Waals surface area contributed by atoms with Gasteiger partial charge in [-0.15, -0.1) is 0 Å². The van der Waals surface area contributed by atoms with Crippen LogP contribution in [-0.2, 0) is 4.74 Å². The minimum Gasteiger partial charge on any atom is -0.377 e. The van der Waals surface area contributed by atoms with Crippen LogP contribution < -0.4 is 5.32 Å². The largest absolute Gasteiger partial charge is 0.377 e. The van der Waals surface area contributed by atoms with Crippen molar-refractivity contribution in [2.45, 2.75) is 50.8 Å². The molecule has 2 saturated carbocycles. The highest BCUT2D eigenvalue weighted by Crippen LogP contribution is 2.63.